The number of amides is 1. The highest BCUT2D eigenvalue weighted by Crippen LogP contribution is 2.32. The molecule has 0 radical (unpaired) electrons. The summed E-state index contributed by atoms with van der Waals surface area (Å²) >= 11 is 1.33. The van der Waals surface area contributed by atoms with Gasteiger partial charge in [-0.25, -0.2) is 4.98 Å². The van der Waals surface area contributed by atoms with Crippen LogP contribution < -0.4 is 14.5 Å². The Morgan fingerprint density at radius 1 is 1.06 bits per heavy atom. The van der Waals surface area contributed by atoms with Crippen LogP contribution in [0.4, 0.5) is 10.8 Å². The first-order valence-corrected chi connectivity index (χ1v) is 10.9. The summed E-state index contributed by atoms with van der Waals surface area (Å²) in [6.45, 7) is 1.98. The number of hydrazone groups is 1. The van der Waals surface area contributed by atoms with E-state index >= 15 is 0 Å². The number of nitro groups is 1. The van der Waals surface area contributed by atoms with Crippen molar-refractivity contribution >= 4 is 44.5 Å². The Kier molecular flexibility index (Phi) is 6.51. The van der Waals surface area contributed by atoms with Crippen LogP contribution in [0.25, 0.3) is 10.2 Å². The maximum atomic E-state index is 13.6. The van der Waals surface area contributed by atoms with E-state index < -0.39 is 10.8 Å². The molecule has 0 saturated carbocycles. The topological polar surface area (TPSA) is 107 Å². The van der Waals surface area contributed by atoms with E-state index in [0.29, 0.717) is 27.8 Å². The minimum Gasteiger partial charge on any atom is -0.497 e. The lowest BCUT2D eigenvalue weighted by atomic mass is 10.2. The van der Waals surface area contributed by atoms with E-state index in [1.165, 1.54) is 48.9 Å². The Balaban J connectivity index is 1.77. The molecule has 4 aromatic rings. The number of benzene rings is 3. The van der Waals surface area contributed by atoms with Gasteiger partial charge in [-0.3, -0.25) is 14.9 Å². The third kappa shape index (κ3) is 4.86. The zero-order chi connectivity index (χ0) is 24.2. The molecule has 0 fully saturated rings. The van der Waals surface area contributed by atoms with Crippen molar-refractivity contribution in [3.05, 3.63) is 87.5 Å². The first-order chi connectivity index (χ1) is 16.4. The summed E-state index contributed by atoms with van der Waals surface area (Å²) in [5.74, 6) is 0.481. The second-order valence-corrected chi connectivity index (χ2v) is 8.29. The lowest BCUT2D eigenvalue weighted by Crippen LogP contribution is -2.25. The minimum atomic E-state index is -0.476. The van der Waals surface area contributed by atoms with E-state index in [4.69, 9.17) is 9.47 Å². The maximum Gasteiger partial charge on any atom is 0.281 e. The van der Waals surface area contributed by atoms with Crippen molar-refractivity contribution in [1.29, 1.82) is 0 Å². The van der Waals surface area contributed by atoms with E-state index in [9.17, 15) is 14.9 Å². The highest BCUT2D eigenvalue weighted by atomic mass is 32.1. The van der Waals surface area contributed by atoms with Crippen molar-refractivity contribution in [2.24, 2.45) is 5.10 Å². The second-order valence-electron chi connectivity index (χ2n) is 7.28. The van der Waals surface area contributed by atoms with Crippen molar-refractivity contribution < 1.29 is 19.2 Å². The molecule has 172 valence electrons. The first kappa shape index (κ1) is 22.9. The number of thiazole rings is 1. The van der Waals surface area contributed by atoms with Gasteiger partial charge < -0.3 is 9.47 Å². The molecule has 0 spiro atoms. The number of aryl methyl sites for hydroxylation is 1. The fraction of sp³-hybridized carbons (Fsp3) is 0.125. The lowest BCUT2D eigenvalue weighted by Gasteiger charge is -2.15. The monoisotopic (exact) mass is 476 g/mol. The molecule has 0 aliphatic rings. The van der Waals surface area contributed by atoms with Crippen LogP contribution in [0.1, 0.15) is 21.5 Å². The number of hydrogen-bond acceptors (Lipinski definition) is 8. The standard InChI is InChI=1S/C24H20N4O5S/c1-15-4-9-21-22(10-15)34-24(26-21)27(25-14-16-5-7-18(8-6-16)28(30)31)23(29)17-11-19(32-2)13-20(12-17)33-3/h4-14H,1-3H3/b25-14+. The normalized spacial score (nSPS) is 11.0. The molecule has 34 heavy (non-hydrogen) atoms. The predicted octanol–water partition coefficient (Wildman–Crippen LogP) is 5.21. The van der Waals surface area contributed by atoms with Crippen LogP contribution in [0.2, 0.25) is 0 Å². The zero-order valence-electron chi connectivity index (χ0n) is 18.6. The van der Waals surface area contributed by atoms with Crippen LogP contribution in [-0.2, 0) is 0 Å². The number of fused-ring (bicyclic) bond motifs is 1. The Morgan fingerprint density at radius 2 is 1.74 bits per heavy atom. The number of nitro benzene ring substituents is 1. The molecule has 0 aliphatic heterocycles. The van der Waals surface area contributed by atoms with Gasteiger partial charge in [0, 0.05) is 23.8 Å². The molecule has 0 unspecified atom stereocenters. The number of aromatic nitrogens is 1. The van der Waals surface area contributed by atoms with Crippen LogP contribution in [0.3, 0.4) is 0 Å². The van der Waals surface area contributed by atoms with Crippen molar-refractivity contribution in [2.75, 3.05) is 19.2 Å². The molecule has 4 rings (SSSR count). The molecule has 1 amide bonds. The Labute approximate surface area is 199 Å². The van der Waals surface area contributed by atoms with Gasteiger partial charge in [0.25, 0.3) is 11.6 Å². The maximum absolute atomic E-state index is 13.6. The number of non-ortho nitro benzene ring substituents is 1. The summed E-state index contributed by atoms with van der Waals surface area (Å²) in [6.07, 6.45) is 1.45. The molecule has 9 nitrogen and oxygen atoms in total. The molecule has 3 aromatic carbocycles. The van der Waals surface area contributed by atoms with E-state index in [1.807, 2.05) is 25.1 Å². The molecule has 1 aromatic heterocycles. The molecule has 0 atom stereocenters. The van der Waals surface area contributed by atoms with Gasteiger partial charge in [0.15, 0.2) is 0 Å². The summed E-state index contributed by atoms with van der Waals surface area (Å²) in [4.78, 5) is 28.6. The van der Waals surface area contributed by atoms with Gasteiger partial charge in [-0.15, -0.1) is 0 Å². The highest BCUT2D eigenvalue weighted by Gasteiger charge is 2.22. The summed E-state index contributed by atoms with van der Waals surface area (Å²) in [5.41, 5.74) is 2.68. The van der Waals surface area contributed by atoms with E-state index in [-0.39, 0.29) is 5.69 Å². The zero-order valence-corrected chi connectivity index (χ0v) is 19.4. The van der Waals surface area contributed by atoms with Gasteiger partial charge in [0.05, 0.1) is 35.6 Å². The number of methoxy groups -OCH3 is 2. The minimum absolute atomic E-state index is 0.0323. The number of ether oxygens (including phenoxy) is 2. The first-order valence-electron chi connectivity index (χ1n) is 10.1. The van der Waals surface area contributed by atoms with Gasteiger partial charge in [-0.2, -0.15) is 10.1 Å². The quantitative estimate of drug-likeness (QED) is 0.206. The Hall–Kier alpha value is -4.31. The van der Waals surface area contributed by atoms with Crippen LogP contribution in [-0.4, -0.2) is 36.2 Å². The Bertz CT molecular complexity index is 1380. The molecule has 0 aliphatic carbocycles. The van der Waals surface area contributed by atoms with E-state index in [2.05, 4.69) is 10.1 Å². The summed E-state index contributed by atoms with van der Waals surface area (Å²) < 4.78 is 11.5. The van der Waals surface area contributed by atoms with Crippen molar-refractivity contribution in [3.8, 4) is 11.5 Å². The van der Waals surface area contributed by atoms with Crippen LogP contribution in [0.15, 0.2) is 65.8 Å². The van der Waals surface area contributed by atoms with E-state index in [0.717, 1.165) is 15.8 Å². The predicted molar refractivity (Wildman–Crippen MR) is 131 cm³/mol. The molecule has 10 heteroatoms. The number of carbonyl (C=O) groups excluding carboxylic acids is 1. The van der Waals surface area contributed by atoms with Gasteiger partial charge in [0.2, 0.25) is 5.13 Å². The van der Waals surface area contributed by atoms with Crippen molar-refractivity contribution in [2.45, 2.75) is 6.92 Å². The summed E-state index contributed by atoms with van der Waals surface area (Å²) in [5, 5.41) is 16.9. The molecule has 0 saturated heterocycles. The number of nitrogens with zero attached hydrogens (tertiary/aromatic N) is 4. The average Bonchev–Trinajstić information content (AvgIpc) is 3.26. The van der Waals surface area contributed by atoms with Gasteiger partial charge >= 0.3 is 0 Å². The second kappa shape index (κ2) is 9.67. The molecule has 0 N–H and O–H groups in total. The third-order valence-corrected chi connectivity index (χ3v) is 5.92. The SMILES string of the molecule is COc1cc(OC)cc(C(=O)N(/N=C/c2ccc([N+](=O)[O-])cc2)c2nc3ccc(C)cc3s2)c1. The smallest absolute Gasteiger partial charge is 0.281 e. The summed E-state index contributed by atoms with van der Waals surface area (Å²) in [7, 11) is 3.01. The number of anilines is 1. The van der Waals surface area contributed by atoms with Gasteiger partial charge in [-0.1, -0.05) is 17.4 Å². The molecule has 1 heterocycles. The lowest BCUT2D eigenvalue weighted by molar-refractivity contribution is -0.384. The Morgan fingerprint density at radius 3 is 2.35 bits per heavy atom. The van der Waals surface area contributed by atoms with Crippen LogP contribution in [0.5, 0.6) is 11.5 Å². The fourth-order valence-corrected chi connectivity index (χ4v) is 4.18. The number of rotatable bonds is 7. The number of hydrogen-bond donors (Lipinski definition) is 0. The largest absolute Gasteiger partial charge is 0.497 e. The van der Waals surface area contributed by atoms with Crippen molar-refractivity contribution in [1.82, 2.24) is 4.98 Å². The van der Waals surface area contributed by atoms with Crippen LogP contribution >= 0.6 is 11.3 Å². The molecular formula is C24H20N4O5S. The fourth-order valence-electron chi connectivity index (χ4n) is 3.16. The van der Waals surface area contributed by atoms with Gasteiger partial charge in [0.1, 0.15) is 11.5 Å². The average molecular weight is 477 g/mol. The van der Waals surface area contributed by atoms with Crippen molar-refractivity contribution in [3.63, 3.8) is 0 Å². The van der Waals surface area contributed by atoms with Crippen LogP contribution in [0, 0.1) is 17.0 Å². The molecular weight excluding hydrogens is 456 g/mol. The number of carbonyl (C=O) groups is 1. The molecule has 0 bridgehead atoms. The van der Waals surface area contributed by atoms with Gasteiger partial charge in [-0.05, 0) is 54.4 Å². The highest BCUT2D eigenvalue weighted by molar-refractivity contribution is 7.22. The van der Waals surface area contributed by atoms with E-state index in [1.54, 1.807) is 30.3 Å². The summed E-state index contributed by atoms with van der Waals surface area (Å²) in [6, 6.07) is 16.6. The third-order valence-electron chi connectivity index (χ3n) is 4.93.